The molecule has 0 bridgehead atoms. The van der Waals surface area contributed by atoms with Gasteiger partial charge in [-0.2, -0.15) is 0 Å². The number of ether oxygens (including phenoxy) is 2. The van der Waals surface area contributed by atoms with Gasteiger partial charge in [-0.1, -0.05) is 6.92 Å². The minimum Gasteiger partial charge on any atom is -0.388 e. The Morgan fingerprint density at radius 3 is 2.76 bits per heavy atom. The summed E-state index contributed by atoms with van der Waals surface area (Å²) in [5, 5.41) is 3.06. The van der Waals surface area contributed by atoms with Gasteiger partial charge in [0.1, 0.15) is 6.29 Å². The van der Waals surface area contributed by atoms with Gasteiger partial charge in [0.25, 0.3) is 0 Å². The summed E-state index contributed by atoms with van der Waals surface area (Å²) in [5.74, 6) is 0. The van der Waals surface area contributed by atoms with Crippen LogP contribution in [0.3, 0.4) is 0 Å². The van der Waals surface area contributed by atoms with Crippen LogP contribution in [-0.4, -0.2) is 32.3 Å². The lowest BCUT2D eigenvalue weighted by Gasteiger charge is -2.15. The second-order valence-electron chi connectivity index (χ2n) is 3.14. The van der Waals surface area contributed by atoms with Crippen LogP contribution in [0.2, 0.25) is 0 Å². The van der Waals surface area contributed by atoms with Gasteiger partial charge in [-0.15, -0.1) is 0 Å². The summed E-state index contributed by atoms with van der Waals surface area (Å²) < 4.78 is 11.6. The molecule has 0 rings (SSSR count). The Kier molecular flexibility index (Phi) is 11.4. The van der Waals surface area contributed by atoms with Crippen molar-refractivity contribution in [3.8, 4) is 0 Å². The van der Waals surface area contributed by atoms with Gasteiger partial charge in [0, 0.05) is 23.8 Å². The molecule has 0 aromatic rings. The highest BCUT2D eigenvalue weighted by Crippen LogP contribution is 2.03. The summed E-state index contributed by atoms with van der Waals surface area (Å²) in [6.07, 6.45) is 6.30. The zero-order chi connectivity index (χ0) is 12.9. The monoisotopic (exact) mass is 305 g/mol. The minimum absolute atomic E-state index is 0.121. The molecule has 0 aliphatic carbocycles. The van der Waals surface area contributed by atoms with Crippen molar-refractivity contribution >= 4 is 22.2 Å². The Bertz CT molecular complexity index is 254. The van der Waals surface area contributed by atoms with Gasteiger partial charge in [0.05, 0.1) is 6.61 Å². The van der Waals surface area contributed by atoms with Crippen molar-refractivity contribution in [2.45, 2.75) is 26.6 Å². The molecule has 0 aliphatic rings. The zero-order valence-electron chi connectivity index (χ0n) is 10.3. The fourth-order valence-corrected chi connectivity index (χ4v) is 1.38. The number of rotatable bonds is 10. The zero-order valence-corrected chi connectivity index (χ0v) is 11.9. The molecule has 0 heterocycles. The quantitative estimate of drug-likeness (QED) is 0.221. The molecule has 0 spiro atoms. The van der Waals surface area contributed by atoms with Crippen LogP contribution >= 0.6 is 15.9 Å². The van der Waals surface area contributed by atoms with Gasteiger partial charge in [-0.3, -0.25) is 4.79 Å². The Morgan fingerprint density at radius 2 is 2.18 bits per heavy atom. The van der Waals surface area contributed by atoms with E-state index in [0.717, 1.165) is 17.2 Å². The fourth-order valence-electron chi connectivity index (χ4n) is 1.07. The van der Waals surface area contributed by atoms with Crippen molar-refractivity contribution in [3.05, 3.63) is 22.8 Å². The van der Waals surface area contributed by atoms with Crippen molar-refractivity contribution in [3.63, 3.8) is 0 Å². The lowest BCUT2D eigenvalue weighted by Crippen LogP contribution is -2.22. The molecule has 0 radical (unpaired) electrons. The first-order valence-corrected chi connectivity index (χ1v) is 6.48. The van der Waals surface area contributed by atoms with E-state index in [0.29, 0.717) is 19.8 Å². The van der Waals surface area contributed by atoms with E-state index in [4.69, 9.17) is 9.47 Å². The normalized spacial score (nSPS) is 13.9. The molecule has 0 saturated carbocycles. The fraction of sp³-hybridized carbons (Fsp3) is 0.583. The van der Waals surface area contributed by atoms with Gasteiger partial charge in [-0.05, 0) is 41.4 Å². The Labute approximate surface area is 111 Å². The molecule has 17 heavy (non-hydrogen) atoms. The molecule has 0 fully saturated rings. The third-order valence-corrected chi connectivity index (χ3v) is 2.30. The highest BCUT2D eigenvalue weighted by atomic mass is 79.9. The van der Waals surface area contributed by atoms with Crippen molar-refractivity contribution in [1.82, 2.24) is 5.32 Å². The summed E-state index contributed by atoms with van der Waals surface area (Å²) >= 11 is 3.29. The summed E-state index contributed by atoms with van der Waals surface area (Å²) in [7, 11) is 0. The van der Waals surface area contributed by atoms with E-state index in [2.05, 4.69) is 21.2 Å². The molecule has 0 amide bonds. The summed E-state index contributed by atoms with van der Waals surface area (Å²) in [6.45, 7) is 5.89. The maximum absolute atomic E-state index is 10.1. The maximum atomic E-state index is 10.1. The molecule has 1 unspecified atom stereocenters. The molecule has 1 N–H and O–H groups in total. The van der Waals surface area contributed by atoms with E-state index in [9.17, 15) is 4.79 Å². The van der Waals surface area contributed by atoms with Gasteiger partial charge in [0.15, 0.2) is 6.29 Å². The first-order chi connectivity index (χ1) is 8.24. The van der Waals surface area contributed by atoms with Crippen LogP contribution in [-0.2, 0) is 14.3 Å². The number of carbonyl (C=O) groups is 1. The second-order valence-corrected chi connectivity index (χ2v) is 4.06. The minimum atomic E-state index is -0.121. The lowest BCUT2D eigenvalue weighted by atomic mass is 10.4. The molecule has 0 aliphatic heterocycles. The van der Waals surface area contributed by atoms with Crippen LogP contribution in [0.4, 0.5) is 0 Å². The van der Waals surface area contributed by atoms with Crippen LogP contribution in [0.25, 0.3) is 0 Å². The molecule has 1 atom stereocenters. The Morgan fingerprint density at radius 1 is 1.41 bits per heavy atom. The van der Waals surface area contributed by atoms with Crippen molar-refractivity contribution < 1.29 is 14.3 Å². The van der Waals surface area contributed by atoms with E-state index in [-0.39, 0.29) is 6.29 Å². The largest absolute Gasteiger partial charge is 0.388 e. The van der Waals surface area contributed by atoms with Crippen LogP contribution in [0, 0.1) is 0 Å². The van der Waals surface area contributed by atoms with Crippen LogP contribution in [0.5, 0.6) is 0 Å². The first-order valence-electron chi connectivity index (χ1n) is 5.68. The standard InChI is InChI=1S/C12H20BrNO3/c1-3-12(16-4-2)17-9-7-14-10-11(13)6-5-8-15/h5-6,8,10,12,14H,3-4,7,9H2,1-2H3/b6-5-,11-10+. The number of hydrogen-bond donors (Lipinski definition) is 1. The van der Waals surface area contributed by atoms with E-state index < -0.39 is 0 Å². The SMILES string of the molecule is CCOC(CC)OCCN/C=C(Br)\C=C/C=O. The van der Waals surface area contributed by atoms with Crippen LogP contribution in [0.1, 0.15) is 20.3 Å². The molecule has 5 heteroatoms. The van der Waals surface area contributed by atoms with Crippen molar-refractivity contribution in [2.24, 2.45) is 0 Å². The molecule has 0 saturated heterocycles. The van der Waals surface area contributed by atoms with E-state index in [1.807, 2.05) is 13.8 Å². The predicted octanol–water partition coefficient (Wildman–Crippen LogP) is 2.36. The van der Waals surface area contributed by atoms with Crippen molar-refractivity contribution in [1.29, 1.82) is 0 Å². The van der Waals surface area contributed by atoms with Gasteiger partial charge >= 0.3 is 0 Å². The smallest absolute Gasteiger partial charge is 0.157 e. The third-order valence-electron chi connectivity index (χ3n) is 1.81. The van der Waals surface area contributed by atoms with E-state index in [1.165, 1.54) is 6.08 Å². The molecule has 98 valence electrons. The van der Waals surface area contributed by atoms with Crippen LogP contribution in [0.15, 0.2) is 22.8 Å². The summed E-state index contributed by atoms with van der Waals surface area (Å²) in [4.78, 5) is 10.1. The molecular formula is C12H20BrNO3. The Hall–Kier alpha value is -0.650. The molecule has 4 nitrogen and oxygen atoms in total. The number of halogens is 1. The lowest BCUT2D eigenvalue weighted by molar-refractivity contribution is -0.138. The third kappa shape index (κ3) is 10.2. The number of hydrogen-bond acceptors (Lipinski definition) is 4. The van der Waals surface area contributed by atoms with E-state index >= 15 is 0 Å². The van der Waals surface area contributed by atoms with Crippen LogP contribution < -0.4 is 5.32 Å². The van der Waals surface area contributed by atoms with Gasteiger partial charge in [-0.25, -0.2) is 0 Å². The molecule has 0 aromatic carbocycles. The Balaban J connectivity index is 3.63. The number of aldehydes is 1. The summed E-state index contributed by atoms with van der Waals surface area (Å²) in [6, 6.07) is 0. The van der Waals surface area contributed by atoms with Gasteiger partial charge < -0.3 is 14.8 Å². The topological polar surface area (TPSA) is 47.6 Å². The number of nitrogens with one attached hydrogen (secondary N) is 1. The summed E-state index contributed by atoms with van der Waals surface area (Å²) in [5.41, 5.74) is 0. The van der Waals surface area contributed by atoms with E-state index in [1.54, 1.807) is 12.3 Å². The average Bonchev–Trinajstić information content (AvgIpc) is 2.34. The van der Waals surface area contributed by atoms with Crippen molar-refractivity contribution in [2.75, 3.05) is 19.8 Å². The van der Waals surface area contributed by atoms with Gasteiger partial charge in [0.2, 0.25) is 0 Å². The highest BCUT2D eigenvalue weighted by molar-refractivity contribution is 9.11. The predicted molar refractivity (Wildman–Crippen MR) is 71.9 cm³/mol. The molecular weight excluding hydrogens is 286 g/mol. The molecule has 0 aromatic heterocycles. The average molecular weight is 306 g/mol. The first kappa shape index (κ1) is 16.4. The maximum Gasteiger partial charge on any atom is 0.157 e. The number of carbonyl (C=O) groups excluding carboxylic acids is 1. The highest BCUT2D eigenvalue weighted by Gasteiger charge is 2.03. The second kappa shape index (κ2) is 11.8. The number of allylic oxidation sites excluding steroid dienone is 3.